The van der Waals surface area contributed by atoms with Gasteiger partial charge in [-0.25, -0.2) is 0 Å². The van der Waals surface area contributed by atoms with Gasteiger partial charge in [-0.2, -0.15) is 0 Å². The van der Waals surface area contributed by atoms with Crippen LogP contribution in [0, 0.1) is 0 Å². The largest absolute Gasteiger partial charge is 0.300 e. The summed E-state index contributed by atoms with van der Waals surface area (Å²) in [4.78, 5) is 12.5. The van der Waals surface area contributed by atoms with Crippen molar-refractivity contribution in [3.05, 3.63) is 35.8 Å². The number of hydrogen-bond donors (Lipinski definition) is 0. The standard InChI is InChI=1S/C12H16O/c1-2-6-12(13)10-9-11-7-4-3-5-8-11/h3-5,7-8H,2,6,9-10H2,1H3/i1D3,2D2,3D,4D,5D,6D2,7D,8D,9D2,10D2. The number of benzene rings is 1. The van der Waals surface area contributed by atoms with Crippen LogP contribution in [0.3, 0.4) is 0 Å². The second-order valence-electron chi connectivity index (χ2n) is 1.83. The summed E-state index contributed by atoms with van der Waals surface area (Å²) >= 11 is 0. The first-order valence-electron chi connectivity index (χ1n) is 11.2. The lowest BCUT2D eigenvalue weighted by molar-refractivity contribution is -0.119. The summed E-state index contributed by atoms with van der Waals surface area (Å²) < 4.78 is 121. The maximum atomic E-state index is 12.5. The van der Waals surface area contributed by atoms with Gasteiger partial charge in [-0.05, 0) is 18.3 Å². The minimum atomic E-state index is -4.05. The van der Waals surface area contributed by atoms with Gasteiger partial charge in [0.1, 0.15) is 5.78 Å². The van der Waals surface area contributed by atoms with Crippen LogP contribution >= 0.6 is 0 Å². The van der Waals surface area contributed by atoms with Gasteiger partial charge in [-0.3, -0.25) is 4.79 Å². The topological polar surface area (TPSA) is 17.1 Å². The summed E-state index contributed by atoms with van der Waals surface area (Å²) in [6, 6.07) is -5.35. The van der Waals surface area contributed by atoms with Crippen molar-refractivity contribution in [3.63, 3.8) is 0 Å². The van der Waals surface area contributed by atoms with Crippen LogP contribution in [-0.2, 0) is 11.2 Å². The number of carbonyl (C=O) groups is 1. The lowest BCUT2D eigenvalue weighted by Gasteiger charge is -1.99. The molecular weight excluding hydrogens is 160 g/mol. The van der Waals surface area contributed by atoms with Gasteiger partial charge in [0.15, 0.2) is 0 Å². The van der Waals surface area contributed by atoms with Crippen molar-refractivity contribution in [1.82, 2.24) is 0 Å². The SMILES string of the molecule is [2H]c1c([2H])c([2H])c(C([2H])([2H])C([2H])([2H])C(=O)C([2H])([2H])C([2H])([2H])C([2H])([2H])[2H])c([2H])c1[2H]. The molecule has 0 heterocycles. The molecule has 0 atom stereocenters. The molecule has 0 amide bonds. The van der Waals surface area contributed by atoms with E-state index in [0.717, 1.165) is 0 Å². The molecule has 1 aromatic rings. The van der Waals surface area contributed by atoms with E-state index in [1.807, 2.05) is 0 Å². The highest BCUT2D eigenvalue weighted by Gasteiger charge is 2.00. The predicted molar refractivity (Wildman–Crippen MR) is 54.7 cm³/mol. The first-order chi connectivity index (χ1) is 12.6. The van der Waals surface area contributed by atoms with E-state index < -0.39 is 73.9 Å². The minimum Gasteiger partial charge on any atom is -0.300 e. The minimum absolute atomic E-state index is 0.916. The van der Waals surface area contributed by atoms with E-state index in [1.54, 1.807) is 0 Å². The van der Waals surface area contributed by atoms with E-state index in [1.165, 1.54) is 0 Å². The molecule has 0 aliphatic heterocycles. The predicted octanol–water partition coefficient (Wildman–Crippen LogP) is 2.99. The quantitative estimate of drug-likeness (QED) is 0.701. The Morgan fingerprint density at radius 2 is 2.23 bits per heavy atom. The van der Waals surface area contributed by atoms with Crippen LogP contribution in [0.25, 0.3) is 0 Å². The summed E-state index contributed by atoms with van der Waals surface area (Å²) in [6.07, 6.45) is -15.7. The summed E-state index contributed by atoms with van der Waals surface area (Å²) in [5.41, 5.74) is -1.29. The van der Waals surface area contributed by atoms with Crippen molar-refractivity contribution in [2.45, 2.75) is 32.3 Å². The van der Waals surface area contributed by atoms with Crippen LogP contribution in [0.4, 0.5) is 0 Å². The molecule has 0 bridgehead atoms. The van der Waals surface area contributed by atoms with Crippen LogP contribution in [0.1, 0.15) is 53.5 Å². The molecule has 0 aromatic heterocycles. The van der Waals surface area contributed by atoms with E-state index in [9.17, 15) is 4.79 Å². The van der Waals surface area contributed by atoms with Crippen LogP contribution in [0.2, 0.25) is 0 Å². The molecule has 0 saturated heterocycles. The fourth-order valence-electron chi connectivity index (χ4n) is 0.520. The summed E-state index contributed by atoms with van der Waals surface area (Å²) in [7, 11) is 0. The normalized spacial score (nSPS) is 33.2. The van der Waals surface area contributed by atoms with Crippen molar-refractivity contribution < 1.29 is 26.7 Å². The van der Waals surface area contributed by atoms with Crippen molar-refractivity contribution in [3.8, 4) is 0 Å². The first kappa shape index (κ1) is 1.81. The zero-order valence-corrected chi connectivity index (χ0v) is 6.41. The third-order valence-electron chi connectivity index (χ3n) is 0.977. The van der Waals surface area contributed by atoms with E-state index in [-0.39, 0.29) is 0 Å². The number of hydrogen-bond acceptors (Lipinski definition) is 1. The molecule has 1 nitrogen and oxygen atoms in total. The molecule has 0 spiro atoms. The molecule has 0 unspecified atom stereocenters. The van der Waals surface area contributed by atoms with Gasteiger partial charge in [0.05, 0.1) is 6.85 Å². The molecule has 0 N–H and O–H groups in total. The van der Waals surface area contributed by atoms with Gasteiger partial charge in [0.25, 0.3) is 0 Å². The van der Waals surface area contributed by atoms with E-state index >= 15 is 0 Å². The van der Waals surface area contributed by atoms with Crippen molar-refractivity contribution >= 4 is 5.78 Å². The summed E-state index contributed by atoms with van der Waals surface area (Å²) in [5, 5.41) is 0. The molecule has 0 fully saturated rings. The third kappa shape index (κ3) is 3.88. The molecule has 13 heavy (non-hydrogen) atoms. The second kappa shape index (κ2) is 5.52. The highest BCUT2D eigenvalue weighted by molar-refractivity contribution is 5.78. The maximum Gasteiger partial charge on any atom is 0.133 e. The molecule has 0 aliphatic rings. The Kier molecular flexibility index (Phi) is 0.770. The monoisotopic (exact) mass is 192 g/mol. The van der Waals surface area contributed by atoms with Gasteiger partial charge in [-0.15, -0.1) is 0 Å². The average Bonchev–Trinajstić information content (AvgIpc) is 2.55. The van der Waals surface area contributed by atoms with Gasteiger partial charge >= 0.3 is 0 Å². The fraction of sp³-hybridized carbons (Fsp3) is 0.417. The van der Waals surface area contributed by atoms with Gasteiger partial charge in [0.2, 0.25) is 0 Å². The molecule has 1 heteroatoms. The van der Waals surface area contributed by atoms with Crippen molar-refractivity contribution in [2.24, 2.45) is 0 Å². The van der Waals surface area contributed by atoms with Crippen LogP contribution in [0.5, 0.6) is 0 Å². The fourth-order valence-corrected chi connectivity index (χ4v) is 0.520. The molecule has 1 aromatic carbocycles. The number of Topliss-reactive ketones (excluding diaryl/α,β-unsaturated/α-hetero) is 1. The summed E-state index contributed by atoms with van der Waals surface area (Å²) in [6.45, 7) is -3.72. The molecule has 0 radical (unpaired) electrons. The van der Waals surface area contributed by atoms with Gasteiger partial charge in [0, 0.05) is 27.8 Å². The lowest BCUT2D eigenvalue weighted by atomic mass is 10.1. The smallest absolute Gasteiger partial charge is 0.133 e. The number of rotatable bonds is 5. The highest BCUT2D eigenvalue weighted by Crippen LogP contribution is 2.04. The Morgan fingerprint density at radius 3 is 2.92 bits per heavy atom. The summed E-state index contributed by atoms with van der Waals surface area (Å²) in [5.74, 6) is -2.43. The molecule has 0 aliphatic carbocycles. The maximum absolute atomic E-state index is 12.5. The second-order valence-corrected chi connectivity index (χ2v) is 1.83. The number of carbonyl (C=O) groups excluding carboxylic acids is 1. The molecule has 70 valence electrons. The van der Waals surface area contributed by atoms with Crippen LogP contribution < -0.4 is 0 Å². The Balaban J connectivity index is 3.75. The molecule has 1 rings (SSSR count). The Morgan fingerprint density at radius 1 is 1.46 bits per heavy atom. The average molecular weight is 192 g/mol. The van der Waals surface area contributed by atoms with Crippen LogP contribution in [0.15, 0.2) is 30.2 Å². The van der Waals surface area contributed by atoms with Gasteiger partial charge < -0.3 is 0 Å². The van der Waals surface area contributed by atoms with Crippen molar-refractivity contribution in [1.29, 1.82) is 0 Å². The Labute approximate surface area is 102 Å². The first-order valence-corrected chi connectivity index (χ1v) is 3.20. The van der Waals surface area contributed by atoms with Gasteiger partial charge in [-0.1, -0.05) is 37.1 Å². The zero-order valence-electron chi connectivity index (χ0n) is 22.4. The highest BCUT2D eigenvalue weighted by atomic mass is 16.1. The Bertz CT molecular complexity index is 806. The zero-order chi connectivity index (χ0) is 23.5. The molecular formula is C12H16O. The third-order valence-corrected chi connectivity index (χ3v) is 0.977. The molecule has 0 saturated carbocycles. The van der Waals surface area contributed by atoms with E-state index in [2.05, 4.69) is 0 Å². The van der Waals surface area contributed by atoms with E-state index in [4.69, 9.17) is 21.9 Å². The lowest BCUT2D eigenvalue weighted by Crippen LogP contribution is -1.98. The Hall–Kier alpha value is -1.11. The van der Waals surface area contributed by atoms with Crippen molar-refractivity contribution in [2.75, 3.05) is 0 Å². The van der Waals surface area contributed by atoms with Crippen LogP contribution in [-0.4, -0.2) is 5.78 Å². The van der Waals surface area contributed by atoms with E-state index in [0.29, 0.717) is 0 Å². The number of ketones is 1.